The van der Waals surface area contributed by atoms with Crippen molar-refractivity contribution >= 4 is 12.6 Å². The van der Waals surface area contributed by atoms with E-state index in [1.807, 2.05) is 0 Å². The molecule has 132 valence electrons. The van der Waals surface area contributed by atoms with Crippen LogP contribution in [0, 0.1) is 11.6 Å². The van der Waals surface area contributed by atoms with Crippen LogP contribution < -0.4 is 14.8 Å². The first-order valence-electron chi connectivity index (χ1n) is 6.57. The van der Waals surface area contributed by atoms with Crippen LogP contribution in [-0.4, -0.2) is 7.12 Å². The molecule has 0 radical (unpaired) electrons. The number of halogens is 8. The van der Waals surface area contributed by atoms with Gasteiger partial charge in [0, 0.05) is 5.46 Å². The maximum atomic E-state index is 13.6. The molecule has 25 heavy (non-hydrogen) atoms. The van der Waals surface area contributed by atoms with E-state index in [1.54, 1.807) is 0 Å². The zero-order valence-electron chi connectivity index (χ0n) is 11.8. The Balaban J connectivity index is 2.07. The van der Waals surface area contributed by atoms with Crippen LogP contribution in [0.15, 0.2) is 30.3 Å². The molecule has 0 aromatic heterocycles. The Bertz CT molecular complexity index is 768. The van der Waals surface area contributed by atoms with Gasteiger partial charge in [-0.15, -0.1) is 0 Å². The van der Waals surface area contributed by atoms with Gasteiger partial charge in [0.2, 0.25) is 0 Å². The molecule has 1 aliphatic rings. The highest BCUT2D eigenvalue weighted by Gasteiger charge is 2.43. The van der Waals surface area contributed by atoms with E-state index in [2.05, 4.69) is 0 Å². The highest BCUT2D eigenvalue weighted by molar-refractivity contribution is 6.63. The quantitative estimate of drug-likeness (QED) is 0.556. The Morgan fingerprint density at radius 3 is 1.44 bits per heavy atom. The molecule has 0 N–H and O–H groups in total. The van der Waals surface area contributed by atoms with E-state index in [4.69, 9.17) is 9.31 Å². The van der Waals surface area contributed by atoms with E-state index >= 15 is 0 Å². The highest BCUT2D eigenvalue weighted by atomic mass is 19.4. The van der Waals surface area contributed by atoms with Crippen LogP contribution in [0.5, 0.6) is 11.5 Å². The summed E-state index contributed by atoms with van der Waals surface area (Å²) in [6, 6.07) is 2.02. The summed E-state index contributed by atoms with van der Waals surface area (Å²) in [4.78, 5) is 0. The lowest BCUT2D eigenvalue weighted by Crippen LogP contribution is -2.40. The summed E-state index contributed by atoms with van der Waals surface area (Å²) < 4.78 is 114. The minimum absolute atomic E-state index is 0.0766. The van der Waals surface area contributed by atoms with E-state index in [0.29, 0.717) is 24.3 Å². The van der Waals surface area contributed by atoms with Crippen molar-refractivity contribution in [1.82, 2.24) is 0 Å². The Hall–Kier alpha value is -2.46. The molecule has 0 saturated heterocycles. The van der Waals surface area contributed by atoms with Crippen molar-refractivity contribution in [2.75, 3.05) is 0 Å². The fraction of sp³-hybridized carbons (Fsp3) is 0.143. The van der Waals surface area contributed by atoms with Crippen LogP contribution in [0.3, 0.4) is 0 Å². The minimum Gasteiger partial charge on any atom is -0.517 e. The number of fused-ring (bicyclic) bond motifs is 1. The van der Waals surface area contributed by atoms with Crippen LogP contribution in [-0.2, 0) is 12.4 Å². The van der Waals surface area contributed by atoms with Crippen molar-refractivity contribution in [3.8, 4) is 11.5 Å². The lowest BCUT2D eigenvalue weighted by Gasteiger charge is -2.14. The second-order valence-corrected chi connectivity index (χ2v) is 5.09. The molecule has 0 saturated carbocycles. The van der Waals surface area contributed by atoms with Crippen molar-refractivity contribution in [2.45, 2.75) is 12.4 Å². The van der Waals surface area contributed by atoms with Crippen LogP contribution in [0.25, 0.3) is 0 Å². The predicted molar refractivity (Wildman–Crippen MR) is 69.4 cm³/mol. The predicted octanol–water partition coefficient (Wildman–Crippen LogP) is 4.17. The van der Waals surface area contributed by atoms with Gasteiger partial charge in [-0.2, -0.15) is 26.3 Å². The first kappa shape index (κ1) is 17.4. The van der Waals surface area contributed by atoms with E-state index in [1.165, 1.54) is 0 Å². The fourth-order valence-electron chi connectivity index (χ4n) is 2.22. The maximum absolute atomic E-state index is 13.6. The zero-order chi connectivity index (χ0) is 18.6. The third kappa shape index (κ3) is 3.22. The van der Waals surface area contributed by atoms with Gasteiger partial charge in [-0.1, -0.05) is 0 Å². The molecular formula is C14H5BF8O2. The smallest absolute Gasteiger partial charge is 0.517 e. The first-order valence-corrected chi connectivity index (χ1v) is 6.57. The Morgan fingerprint density at radius 1 is 0.680 bits per heavy atom. The monoisotopic (exact) mass is 368 g/mol. The molecule has 2 nitrogen and oxygen atoms in total. The SMILES string of the molecule is Fc1ccc(F)c2c1OB(c1cc(C(F)(F)F)cc(C(F)(F)F)c1)O2. The number of rotatable bonds is 1. The second kappa shape index (κ2) is 5.53. The molecule has 0 bridgehead atoms. The summed E-state index contributed by atoms with van der Waals surface area (Å²) in [7, 11) is -1.86. The summed E-state index contributed by atoms with van der Waals surface area (Å²) >= 11 is 0. The molecular weight excluding hydrogens is 363 g/mol. The summed E-state index contributed by atoms with van der Waals surface area (Å²) in [6.07, 6.45) is -10.1. The van der Waals surface area contributed by atoms with Crippen molar-refractivity contribution in [3.05, 3.63) is 53.1 Å². The van der Waals surface area contributed by atoms with Gasteiger partial charge in [0.05, 0.1) is 11.1 Å². The molecule has 0 atom stereocenters. The maximum Gasteiger partial charge on any atom is 0.632 e. The number of alkyl halides is 6. The Morgan fingerprint density at radius 2 is 1.08 bits per heavy atom. The minimum atomic E-state index is -5.07. The lowest BCUT2D eigenvalue weighted by molar-refractivity contribution is -0.142. The molecule has 0 amide bonds. The first-order chi connectivity index (χ1) is 11.5. The van der Waals surface area contributed by atoms with Crippen molar-refractivity contribution in [3.63, 3.8) is 0 Å². The van der Waals surface area contributed by atoms with Gasteiger partial charge in [-0.3, -0.25) is 0 Å². The number of benzene rings is 2. The standard InChI is InChI=1S/C14H5BF8O2/c16-9-1-2-10(17)12-11(9)24-15(25-12)8-4-6(13(18,19)20)3-7(5-8)14(21,22)23/h1-5H. The average molecular weight is 368 g/mol. The van der Waals surface area contributed by atoms with Crippen LogP contribution >= 0.6 is 0 Å². The molecule has 0 fully saturated rings. The molecule has 1 aliphatic heterocycles. The largest absolute Gasteiger partial charge is 0.632 e. The fourth-order valence-corrected chi connectivity index (χ4v) is 2.22. The highest BCUT2D eigenvalue weighted by Crippen LogP contribution is 2.39. The summed E-state index contributed by atoms with van der Waals surface area (Å²) in [5, 5.41) is 0. The lowest BCUT2D eigenvalue weighted by atomic mass is 9.77. The van der Waals surface area contributed by atoms with E-state index in [0.717, 1.165) is 0 Å². The van der Waals surface area contributed by atoms with Crippen LogP contribution in [0.4, 0.5) is 35.1 Å². The molecule has 2 aromatic carbocycles. The van der Waals surface area contributed by atoms with Crippen molar-refractivity contribution in [2.24, 2.45) is 0 Å². The van der Waals surface area contributed by atoms with Crippen LogP contribution in [0.2, 0.25) is 0 Å². The van der Waals surface area contributed by atoms with Gasteiger partial charge in [0.15, 0.2) is 23.1 Å². The van der Waals surface area contributed by atoms with Crippen molar-refractivity contribution < 1.29 is 44.4 Å². The van der Waals surface area contributed by atoms with Gasteiger partial charge in [-0.05, 0) is 30.3 Å². The molecule has 2 aromatic rings. The summed E-state index contributed by atoms with van der Waals surface area (Å²) in [5.74, 6) is -3.59. The summed E-state index contributed by atoms with van der Waals surface area (Å²) in [6.45, 7) is 0. The molecule has 11 heteroatoms. The van der Waals surface area contributed by atoms with Gasteiger partial charge in [0.1, 0.15) is 0 Å². The molecule has 1 heterocycles. The Labute approximate surface area is 135 Å². The molecule has 0 aliphatic carbocycles. The van der Waals surface area contributed by atoms with E-state index < -0.39 is 59.2 Å². The number of hydrogen-bond acceptors (Lipinski definition) is 2. The third-order valence-corrected chi connectivity index (χ3v) is 3.35. The van der Waals surface area contributed by atoms with E-state index in [9.17, 15) is 35.1 Å². The Kier molecular flexibility index (Phi) is 3.84. The third-order valence-electron chi connectivity index (χ3n) is 3.35. The summed E-state index contributed by atoms with van der Waals surface area (Å²) in [5.41, 5.74) is -3.88. The average Bonchev–Trinajstić information content (AvgIpc) is 2.95. The van der Waals surface area contributed by atoms with Gasteiger partial charge in [0.25, 0.3) is 0 Å². The molecule has 0 unspecified atom stereocenters. The topological polar surface area (TPSA) is 18.5 Å². The normalized spacial score (nSPS) is 14.2. The van der Waals surface area contributed by atoms with Gasteiger partial charge in [-0.25, -0.2) is 8.78 Å². The van der Waals surface area contributed by atoms with Crippen LogP contribution in [0.1, 0.15) is 11.1 Å². The van der Waals surface area contributed by atoms with Crippen molar-refractivity contribution in [1.29, 1.82) is 0 Å². The van der Waals surface area contributed by atoms with E-state index in [-0.39, 0.29) is 6.07 Å². The number of hydrogen-bond donors (Lipinski definition) is 0. The molecule has 3 rings (SSSR count). The van der Waals surface area contributed by atoms with Gasteiger partial charge >= 0.3 is 19.5 Å². The van der Waals surface area contributed by atoms with Gasteiger partial charge < -0.3 is 9.31 Å². The molecule has 0 spiro atoms. The second-order valence-electron chi connectivity index (χ2n) is 5.09. The zero-order valence-corrected chi connectivity index (χ0v) is 11.8.